The van der Waals surface area contributed by atoms with Crippen molar-refractivity contribution >= 4 is 46.7 Å². The lowest BCUT2D eigenvalue weighted by atomic mass is 9.94. The minimum Gasteiger partial charge on any atom is -0.444 e. The van der Waals surface area contributed by atoms with Crippen LogP contribution in [0.2, 0.25) is 5.02 Å². The summed E-state index contributed by atoms with van der Waals surface area (Å²) in [5.41, 5.74) is 4.66. The minimum absolute atomic E-state index is 0.0272. The fourth-order valence-corrected chi connectivity index (χ4v) is 5.38. The molecule has 4 rings (SSSR count). The maximum atomic E-state index is 13.3. The summed E-state index contributed by atoms with van der Waals surface area (Å²) in [6.07, 6.45) is 4.82. The van der Waals surface area contributed by atoms with Gasteiger partial charge in [0.2, 0.25) is 0 Å². The maximum absolute atomic E-state index is 13.3. The number of hydrogen-bond acceptors (Lipinski definition) is 4. The molecule has 1 atom stereocenters. The average Bonchev–Trinajstić information content (AvgIpc) is 3.00. The Labute approximate surface area is 266 Å². The predicted molar refractivity (Wildman–Crippen MR) is 181 cm³/mol. The quantitative estimate of drug-likeness (QED) is 0.179. The molecule has 1 aromatic heterocycles. The maximum Gasteiger partial charge on any atom is 0.410 e. The standard InChI is InChI=1S/C37H42ClN3O3/c1-7-41(8-2)35(42)32-15-10-9-13-27(32)19-23-34(40(6)36(43)44-37(3,4)5)29-14-11-12-26(24-29)16-21-31-22-18-28-17-20-30(38)25-33(28)39-31/h9-18,20-22,24-25,34H,7-8,19,23H2,1-6H3/b21-16+. The summed E-state index contributed by atoms with van der Waals surface area (Å²) in [6.45, 7) is 10.9. The molecular formula is C37H42ClN3O3. The highest BCUT2D eigenvalue weighted by Gasteiger charge is 2.27. The number of ether oxygens (including phenoxy) is 1. The van der Waals surface area contributed by atoms with E-state index in [2.05, 4.69) is 6.07 Å². The first-order valence-electron chi connectivity index (χ1n) is 15.2. The first-order valence-corrected chi connectivity index (χ1v) is 15.5. The number of amides is 2. The number of carbonyl (C=O) groups is 2. The van der Waals surface area contributed by atoms with Crippen molar-refractivity contribution in [3.05, 3.63) is 112 Å². The molecule has 7 heteroatoms. The van der Waals surface area contributed by atoms with Gasteiger partial charge in [-0.1, -0.05) is 66.2 Å². The van der Waals surface area contributed by atoms with E-state index in [-0.39, 0.29) is 11.9 Å². The molecule has 0 bridgehead atoms. The Bertz CT molecular complexity index is 1640. The Balaban J connectivity index is 1.63. The van der Waals surface area contributed by atoms with Gasteiger partial charge in [-0.15, -0.1) is 0 Å². The van der Waals surface area contributed by atoms with Crippen LogP contribution in [0.4, 0.5) is 4.79 Å². The third-order valence-electron chi connectivity index (χ3n) is 7.55. The number of nitrogens with zero attached hydrogens (tertiary/aromatic N) is 3. The lowest BCUT2D eigenvalue weighted by Gasteiger charge is -2.31. The van der Waals surface area contributed by atoms with Crippen LogP contribution in [0.1, 0.15) is 79.8 Å². The van der Waals surface area contributed by atoms with Crippen LogP contribution >= 0.6 is 11.6 Å². The smallest absolute Gasteiger partial charge is 0.410 e. The number of hydrogen-bond donors (Lipinski definition) is 0. The number of aromatic nitrogens is 1. The number of aryl methyl sites for hydroxylation is 1. The van der Waals surface area contributed by atoms with Crippen LogP contribution in [-0.4, -0.2) is 52.5 Å². The van der Waals surface area contributed by atoms with Gasteiger partial charge in [0, 0.05) is 36.1 Å². The van der Waals surface area contributed by atoms with Crippen LogP contribution in [0.5, 0.6) is 0 Å². The van der Waals surface area contributed by atoms with Crippen LogP contribution in [0.3, 0.4) is 0 Å². The highest BCUT2D eigenvalue weighted by molar-refractivity contribution is 6.31. The molecule has 0 saturated heterocycles. The molecule has 1 unspecified atom stereocenters. The van der Waals surface area contributed by atoms with Crippen molar-refractivity contribution in [3.63, 3.8) is 0 Å². The second kappa shape index (κ2) is 14.5. The van der Waals surface area contributed by atoms with Crippen molar-refractivity contribution in [2.45, 2.75) is 59.1 Å². The van der Waals surface area contributed by atoms with E-state index < -0.39 is 11.7 Å². The van der Waals surface area contributed by atoms with E-state index in [1.807, 2.05) is 124 Å². The molecule has 0 fully saturated rings. The molecule has 0 radical (unpaired) electrons. The Kier molecular flexibility index (Phi) is 10.8. The number of benzene rings is 3. The Morgan fingerprint density at radius 3 is 2.39 bits per heavy atom. The first-order chi connectivity index (χ1) is 21.0. The number of pyridine rings is 1. The Morgan fingerprint density at radius 1 is 0.932 bits per heavy atom. The van der Waals surface area contributed by atoms with E-state index >= 15 is 0 Å². The zero-order chi connectivity index (χ0) is 31.9. The van der Waals surface area contributed by atoms with E-state index in [0.717, 1.165) is 33.3 Å². The number of rotatable bonds is 10. The summed E-state index contributed by atoms with van der Waals surface area (Å²) in [5, 5.41) is 1.68. The van der Waals surface area contributed by atoms with Gasteiger partial charge in [-0.25, -0.2) is 9.78 Å². The molecule has 2 amide bonds. The first kappa shape index (κ1) is 32.7. The van der Waals surface area contributed by atoms with Gasteiger partial charge in [0.1, 0.15) is 5.60 Å². The van der Waals surface area contributed by atoms with Gasteiger partial charge in [0.25, 0.3) is 5.91 Å². The lowest BCUT2D eigenvalue weighted by molar-refractivity contribution is 0.0211. The molecule has 44 heavy (non-hydrogen) atoms. The van der Waals surface area contributed by atoms with Crippen LogP contribution in [0.25, 0.3) is 23.1 Å². The number of halogens is 1. The van der Waals surface area contributed by atoms with Crippen molar-refractivity contribution in [3.8, 4) is 0 Å². The predicted octanol–water partition coefficient (Wildman–Crippen LogP) is 9.08. The van der Waals surface area contributed by atoms with Gasteiger partial charge in [-0.05, 0) is 101 Å². The molecular weight excluding hydrogens is 570 g/mol. The van der Waals surface area contributed by atoms with Crippen LogP contribution in [0.15, 0.2) is 78.9 Å². The summed E-state index contributed by atoms with van der Waals surface area (Å²) in [5.74, 6) is 0.0272. The van der Waals surface area contributed by atoms with Gasteiger partial charge < -0.3 is 14.5 Å². The molecule has 0 aliphatic heterocycles. The SMILES string of the molecule is CCN(CC)C(=O)c1ccccc1CCC(c1cccc(/C=C/c2ccc3ccc(Cl)cc3n2)c1)N(C)C(=O)OC(C)(C)C. The van der Waals surface area contributed by atoms with E-state index in [4.69, 9.17) is 21.3 Å². The largest absolute Gasteiger partial charge is 0.444 e. The third kappa shape index (κ3) is 8.48. The van der Waals surface area contributed by atoms with Gasteiger partial charge in [0.15, 0.2) is 0 Å². The molecule has 3 aromatic carbocycles. The highest BCUT2D eigenvalue weighted by atomic mass is 35.5. The summed E-state index contributed by atoms with van der Waals surface area (Å²) in [7, 11) is 1.78. The van der Waals surface area contributed by atoms with Crippen molar-refractivity contribution in [2.75, 3.05) is 20.1 Å². The summed E-state index contributed by atoms with van der Waals surface area (Å²) in [6, 6.07) is 25.3. The van der Waals surface area contributed by atoms with Crippen molar-refractivity contribution < 1.29 is 14.3 Å². The number of carbonyl (C=O) groups excluding carboxylic acids is 2. The topological polar surface area (TPSA) is 62.7 Å². The Hall–Kier alpha value is -4.16. The fraction of sp³-hybridized carbons (Fsp3) is 0.324. The van der Waals surface area contributed by atoms with E-state index in [0.29, 0.717) is 36.5 Å². The van der Waals surface area contributed by atoms with E-state index in [1.54, 1.807) is 11.9 Å². The molecule has 0 aliphatic rings. The zero-order valence-corrected chi connectivity index (χ0v) is 27.3. The van der Waals surface area contributed by atoms with Crippen LogP contribution in [-0.2, 0) is 11.2 Å². The molecule has 0 N–H and O–H groups in total. The second-order valence-electron chi connectivity index (χ2n) is 11.9. The summed E-state index contributed by atoms with van der Waals surface area (Å²) < 4.78 is 5.75. The third-order valence-corrected chi connectivity index (χ3v) is 7.79. The van der Waals surface area contributed by atoms with Crippen molar-refractivity contribution in [2.24, 2.45) is 0 Å². The molecule has 0 spiro atoms. The van der Waals surface area contributed by atoms with Gasteiger partial charge in [0.05, 0.1) is 17.3 Å². The molecule has 0 saturated carbocycles. The second-order valence-corrected chi connectivity index (χ2v) is 12.3. The summed E-state index contributed by atoms with van der Waals surface area (Å²) >= 11 is 6.18. The van der Waals surface area contributed by atoms with Crippen molar-refractivity contribution in [1.82, 2.24) is 14.8 Å². The van der Waals surface area contributed by atoms with Gasteiger partial charge in [-0.2, -0.15) is 0 Å². The zero-order valence-electron chi connectivity index (χ0n) is 26.5. The minimum atomic E-state index is -0.625. The van der Waals surface area contributed by atoms with E-state index in [1.165, 1.54) is 0 Å². The van der Waals surface area contributed by atoms with Crippen LogP contribution in [0, 0.1) is 0 Å². The van der Waals surface area contributed by atoms with Gasteiger partial charge in [-0.3, -0.25) is 4.79 Å². The molecule has 4 aromatic rings. The number of fused-ring (bicyclic) bond motifs is 1. The molecule has 0 aliphatic carbocycles. The fourth-order valence-electron chi connectivity index (χ4n) is 5.22. The molecule has 6 nitrogen and oxygen atoms in total. The molecule has 230 valence electrons. The monoisotopic (exact) mass is 611 g/mol. The highest BCUT2D eigenvalue weighted by Crippen LogP contribution is 2.29. The summed E-state index contributed by atoms with van der Waals surface area (Å²) in [4.78, 5) is 34.8. The normalized spacial score (nSPS) is 12.3. The lowest BCUT2D eigenvalue weighted by Crippen LogP contribution is -2.37. The van der Waals surface area contributed by atoms with E-state index in [9.17, 15) is 9.59 Å². The molecule has 1 heterocycles. The van der Waals surface area contributed by atoms with Crippen molar-refractivity contribution in [1.29, 1.82) is 0 Å². The van der Waals surface area contributed by atoms with Gasteiger partial charge >= 0.3 is 6.09 Å². The average molecular weight is 612 g/mol. The van der Waals surface area contributed by atoms with Crippen LogP contribution < -0.4 is 0 Å². The Morgan fingerprint density at radius 2 is 1.66 bits per heavy atom.